The molecule has 0 radical (unpaired) electrons. The van der Waals surface area contributed by atoms with Crippen LogP contribution >= 0.6 is 27.5 Å². The highest BCUT2D eigenvalue weighted by Crippen LogP contribution is 2.35. The lowest BCUT2D eigenvalue weighted by atomic mass is 9.92. The predicted molar refractivity (Wildman–Crippen MR) is 76.1 cm³/mol. The standard InChI is InChI=1S/C14H18BrClO/c1-3-10(9(2)16)6-12-8-13(15)7-11-4-5-17-14(11)12/h7-10H,3-6H2,1-2H3. The van der Waals surface area contributed by atoms with Crippen LogP contribution in [0.1, 0.15) is 31.4 Å². The SMILES string of the molecule is CCC(Cc1cc(Br)cc2c1OCC2)C(C)Cl. The van der Waals surface area contributed by atoms with E-state index in [9.17, 15) is 0 Å². The number of halogens is 2. The maximum absolute atomic E-state index is 6.23. The van der Waals surface area contributed by atoms with Gasteiger partial charge in [0, 0.05) is 16.3 Å². The Labute approximate surface area is 117 Å². The topological polar surface area (TPSA) is 9.23 Å². The molecule has 3 heteroatoms. The van der Waals surface area contributed by atoms with E-state index in [-0.39, 0.29) is 5.38 Å². The van der Waals surface area contributed by atoms with E-state index in [4.69, 9.17) is 16.3 Å². The summed E-state index contributed by atoms with van der Waals surface area (Å²) in [6, 6.07) is 4.34. The maximum atomic E-state index is 6.23. The molecule has 0 N–H and O–H groups in total. The Morgan fingerprint density at radius 1 is 1.47 bits per heavy atom. The molecule has 2 atom stereocenters. The van der Waals surface area contributed by atoms with E-state index in [1.165, 1.54) is 11.1 Å². The second-order valence-corrected chi connectivity index (χ2v) is 6.31. The molecule has 0 saturated carbocycles. The van der Waals surface area contributed by atoms with Gasteiger partial charge in [-0.25, -0.2) is 0 Å². The Morgan fingerprint density at radius 3 is 2.88 bits per heavy atom. The Kier molecular flexibility index (Phi) is 4.37. The molecule has 1 aromatic rings. The van der Waals surface area contributed by atoms with Crippen LogP contribution in [0.5, 0.6) is 5.75 Å². The number of rotatable bonds is 4. The van der Waals surface area contributed by atoms with Crippen molar-refractivity contribution in [1.82, 2.24) is 0 Å². The highest BCUT2D eigenvalue weighted by Gasteiger charge is 2.21. The average Bonchev–Trinajstić information content (AvgIpc) is 2.72. The molecule has 1 heterocycles. The Morgan fingerprint density at radius 2 is 2.24 bits per heavy atom. The molecule has 0 bridgehead atoms. The van der Waals surface area contributed by atoms with Crippen molar-refractivity contribution >= 4 is 27.5 Å². The van der Waals surface area contributed by atoms with Crippen molar-refractivity contribution in [1.29, 1.82) is 0 Å². The van der Waals surface area contributed by atoms with Gasteiger partial charge in [0.05, 0.1) is 6.61 Å². The lowest BCUT2D eigenvalue weighted by Crippen LogP contribution is -2.14. The largest absolute Gasteiger partial charge is 0.493 e. The predicted octanol–water partition coefficient (Wildman–Crippen LogP) is 4.58. The normalized spacial score (nSPS) is 17.4. The first-order valence-corrected chi connectivity index (χ1v) is 7.43. The summed E-state index contributed by atoms with van der Waals surface area (Å²) in [7, 11) is 0. The fourth-order valence-corrected chi connectivity index (χ4v) is 3.23. The molecule has 94 valence electrons. The van der Waals surface area contributed by atoms with E-state index in [0.29, 0.717) is 5.92 Å². The van der Waals surface area contributed by atoms with Gasteiger partial charge in [0.1, 0.15) is 5.75 Å². The van der Waals surface area contributed by atoms with Gasteiger partial charge in [-0.15, -0.1) is 11.6 Å². The van der Waals surface area contributed by atoms with E-state index >= 15 is 0 Å². The molecule has 1 nitrogen and oxygen atoms in total. The minimum absolute atomic E-state index is 0.205. The van der Waals surface area contributed by atoms with Crippen molar-refractivity contribution in [3.8, 4) is 5.75 Å². The first-order chi connectivity index (χ1) is 8.11. The first-order valence-electron chi connectivity index (χ1n) is 6.20. The summed E-state index contributed by atoms with van der Waals surface area (Å²) in [5.41, 5.74) is 2.62. The van der Waals surface area contributed by atoms with Crippen LogP contribution in [0.3, 0.4) is 0 Å². The summed E-state index contributed by atoms with van der Waals surface area (Å²) in [6.07, 6.45) is 3.13. The average molecular weight is 318 g/mol. The van der Waals surface area contributed by atoms with Crippen molar-refractivity contribution in [2.24, 2.45) is 5.92 Å². The smallest absolute Gasteiger partial charge is 0.125 e. The van der Waals surface area contributed by atoms with Gasteiger partial charge >= 0.3 is 0 Å². The highest BCUT2D eigenvalue weighted by molar-refractivity contribution is 9.10. The van der Waals surface area contributed by atoms with Crippen molar-refractivity contribution in [2.75, 3.05) is 6.61 Å². The van der Waals surface area contributed by atoms with Crippen molar-refractivity contribution in [2.45, 2.75) is 38.5 Å². The van der Waals surface area contributed by atoms with Crippen molar-refractivity contribution in [3.63, 3.8) is 0 Å². The summed E-state index contributed by atoms with van der Waals surface area (Å²) in [6.45, 7) is 5.09. The number of ether oxygens (including phenoxy) is 1. The van der Waals surface area contributed by atoms with Gasteiger partial charge < -0.3 is 4.74 Å². The van der Waals surface area contributed by atoms with E-state index in [1.54, 1.807) is 0 Å². The quantitative estimate of drug-likeness (QED) is 0.739. The monoisotopic (exact) mass is 316 g/mol. The minimum atomic E-state index is 0.205. The number of hydrogen-bond donors (Lipinski definition) is 0. The summed E-state index contributed by atoms with van der Waals surface area (Å²) in [4.78, 5) is 0. The maximum Gasteiger partial charge on any atom is 0.125 e. The second-order valence-electron chi connectivity index (χ2n) is 4.70. The molecular weight excluding hydrogens is 300 g/mol. The fourth-order valence-electron chi connectivity index (χ4n) is 2.41. The molecule has 0 spiro atoms. The van der Waals surface area contributed by atoms with E-state index in [2.05, 4.69) is 41.9 Å². The number of hydrogen-bond acceptors (Lipinski definition) is 1. The molecule has 2 unspecified atom stereocenters. The number of benzene rings is 1. The van der Waals surface area contributed by atoms with Gasteiger partial charge in [-0.3, -0.25) is 0 Å². The van der Waals surface area contributed by atoms with Gasteiger partial charge in [-0.2, -0.15) is 0 Å². The summed E-state index contributed by atoms with van der Waals surface area (Å²) < 4.78 is 6.89. The van der Waals surface area contributed by atoms with Gasteiger partial charge in [0.2, 0.25) is 0 Å². The van der Waals surface area contributed by atoms with Crippen LogP contribution in [0.4, 0.5) is 0 Å². The molecule has 0 aromatic heterocycles. The zero-order chi connectivity index (χ0) is 12.4. The Balaban J connectivity index is 2.26. The molecule has 1 aliphatic heterocycles. The van der Waals surface area contributed by atoms with Crippen molar-refractivity contribution < 1.29 is 4.74 Å². The Hall–Kier alpha value is -0.210. The van der Waals surface area contributed by atoms with E-state index in [1.807, 2.05) is 0 Å². The van der Waals surface area contributed by atoms with Crippen LogP contribution in [0.2, 0.25) is 0 Å². The van der Waals surface area contributed by atoms with E-state index < -0.39 is 0 Å². The third-order valence-corrected chi connectivity index (χ3v) is 4.30. The fraction of sp³-hybridized carbons (Fsp3) is 0.571. The second kappa shape index (κ2) is 5.62. The van der Waals surface area contributed by atoms with Crippen LogP contribution in [-0.2, 0) is 12.8 Å². The molecule has 2 rings (SSSR count). The summed E-state index contributed by atoms with van der Waals surface area (Å²) in [5.74, 6) is 1.61. The molecular formula is C14H18BrClO. The molecule has 0 aliphatic carbocycles. The van der Waals surface area contributed by atoms with Gasteiger partial charge in [0.25, 0.3) is 0 Å². The van der Waals surface area contributed by atoms with Crippen molar-refractivity contribution in [3.05, 3.63) is 27.7 Å². The molecule has 0 fully saturated rings. The van der Waals surface area contributed by atoms with Crippen LogP contribution in [0.15, 0.2) is 16.6 Å². The summed E-state index contributed by atoms with van der Waals surface area (Å²) in [5, 5.41) is 0.205. The zero-order valence-corrected chi connectivity index (χ0v) is 12.6. The van der Waals surface area contributed by atoms with Crippen LogP contribution in [-0.4, -0.2) is 12.0 Å². The zero-order valence-electron chi connectivity index (χ0n) is 10.3. The third-order valence-electron chi connectivity index (χ3n) is 3.48. The molecule has 0 amide bonds. The first kappa shape index (κ1) is 13.2. The molecule has 0 saturated heterocycles. The van der Waals surface area contributed by atoms with Gasteiger partial charge in [-0.05, 0) is 42.5 Å². The number of fused-ring (bicyclic) bond motifs is 1. The van der Waals surface area contributed by atoms with Crippen LogP contribution in [0, 0.1) is 5.92 Å². The lowest BCUT2D eigenvalue weighted by Gasteiger charge is -2.19. The van der Waals surface area contributed by atoms with Gasteiger partial charge in [-0.1, -0.05) is 29.3 Å². The Bertz CT molecular complexity index is 403. The highest BCUT2D eigenvalue weighted by atomic mass is 79.9. The summed E-state index contributed by atoms with van der Waals surface area (Å²) >= 11 is 9.81. The molecule has 1 aromatic carbocycles. The molecule has 17 heavy (non-hydrogen) atoms. The van der Waals surface area contributed by atoms with E-state index in [0.717, 1.165) is 36.1 Å². The van der Waals surface area contributed by atoms with Gasteiger partial charge in [0.15, 0.2) is 0 Å². The third kappa shape index (κ3) is 2.97. The minimum Gasteiger partial charge on any atom is -0.493 e. The van der Waals surface area contributed by atoms with Crippen LogP contribution in [0.25, 0.3) is 0 Å². The molecule has 1 aliphatic rings. The lowest BCUT2D eigenvalue weighted by molar-refractivity contribution is 0.350. The van der Waals surface area contributed by atoms with Crippen LogP contribution < -0.4 is 4.74 Å². The number of alkyl halides is 1.